The molecule has 1 heterocycles. The van der Waals surface area contributed by atoms with Gasteiger partial charge in [-0.1, -0.05) is 13.3 Å². The summed E-state index contributed by atoms with van der Waals surface area (Å²) < 4.78 is 17.2. The molecule has 2 aliphatic rings. The molecular weight excluding hydrogens is 356 g/mol. The molecule has 0 unspecified atom stereocenters. The van der Waals surface area contributed by atoms with Gasteiger partial charge in [0.1, 0.15) is 18.0 Å². The van der Waals surface area contributed by atoms with Gasteiger partial charge in [-0.2, -0.15) is 0 Å². The lowest BCUT2D eigenvalue weighted by atomic mass is 9.78. The van der Waals surface area contributed by atoms with Crippen LogP contribution in [0.5, 0.6) is 5.75 Å². The maximum atomic E-state index is 13.0. The molecule has 1 aromatic carbocycles. The van der Waals surface area contributed by atoms with Crippen LogP contribution < -0.4 is 10.1 Å². The number of morpholine rings is 1. The second kappa shape index (κ2) is 10.2. The molecule has 2 fully saturated rings. The Bertz CT molecular complexity index is 611. The van der Waals surface area contributed by atoms with Gasteiger partial charge in [0.05, 0.1) is 13.2 Å². The van der Waals surface area contributed by atoms with Crippen LogP contribution in [-0.2, 0) is 14.3 Å². The van der Waals surface area contributed by atoms with Gasteiger partial charge in [0.25, 0.3) is 5.91 Å². The van der Waals surface area contributed by atoms with Crippen molar-refractivity contribution in [3.8, 4) is 5.75 Å². The molecule has 0 spiro atoms. The van der Waals surface area contributed by atoms with E-state index in [-0.39, 0.29) is 5.91 Å². The predicted molar refractivity (Wildman–Crippen MR) is 110 cm³/mol. The van der Waals surface area contributed by atoms with Gasteiger partial charge in [0, 0.05) is 31.9 Å². The monoisotopic (exact) mass is 390 g/mol. The summed E-state index contributed by atoms with van der Waals surface area (Å²) in [6.45, 7) is 9.79. The summed E-state index contributed by atoms with van der Waals surface area (Å²) in [7, 11) is 0. The molecule has 156 valence electrons. The number of amides is 1. The number of hydrogen-bond acceptors (Lipinski definition) is 5. The molecule has 1 aromatic rings. The Kier molecular flexibility index (Phi) is 7.71. The number of hydrogen-bond donors (Lipinski definition) is 1. The van der Waals surface area contributed by atoms with E-state index in [1.54, 1.807) is 0 Å². The Morgan fingerprint density at radius 3 is 2.71 bits per heavy atom. The highest BCUT2D eigenvalue weighted by Crippen LogP contribution is 2.36. The summed E-state index contributed by atoms with van der Waals surface area (Å²) in [6, 6.07) is 7.61. The molecule has 1 aliphatic carbocycles. The van der Waals surface area contributed by atoms with Crippen LogP contribution in [0.4, 0.5) is 5.69 Å². The van der Waals surface area contributed by atoms with E-state index in [4.69, 9.17) is 14.2 Å². The van der Waals surface area contributed by atoms with Gasteiger partial charge in [-0.3, -0.25) is 9.69 Å². The van der Waals surface area contributed by atoms with Gasteiger partial charge in [-0.05, 0) is 56.4 Å². The van der Waals surface area contributed by atoms with Crippen molar-refractivity contribution in [2.45, 2.75) is 45.1 Å². The van der Waals surface area contributed by atoms with E-state index in [1.165, 1.54) is 6.42 Å². The first-order valence-corrected chi connectivity index (χ1v) is 10.6. The molecule has 1 saturated carbocycles. The summed E-state index contributed by atoms with van der Waals surface area (Å²) in [6.07, 6.45) is 3.78. The molecule has 0 bridgehead atoms. The molecule has 1 amide bonds. The van der Waals surface area contributed by atoms with E-state index in [0.29, 0.717) is 19.1 Å². The molecule has 28 heavy (non-hydrogen) atoms. The molecule has 2 atom stereocenters. The maximum Gasteiger partial charge on any atom is 0.256 e. The molecule has 1 saturated heterocycles. The Hall–Kier alpha value is -1.63. The molecule has 6 nitrogen and oxygen atoms in total. The Labute approximate surface area is 168 Å². The average molecular weight is 391 g/mol. The third-order valence-corrected chi connectivity index (χ3v) is 5.68. The quantitative estimate of drug-likeness (QED) is 0.738. The normalized spacial score (nSPS) is 26.0. The Balaban J connectivity index is 1.50. The number of nitrogens with zero attached hydrogens (tertiary/aromatic N) is 1. The fraction of sp³-hybridized carbons (Fsp3) is 0.682. The zero-order valence-corrected chi connectivity index (χ0v) is 17.2. The second-order valence-electron chi connectivity index (χ2n) is 7.91. The lowest BCUT2D eigenvalue weighted by molar-refractivity contribution is -0.147. The van der Waals surface area contributed by atoms with Crippen LogP contribution in [0.25, 0.3) is 0 Å². The number of carbonyl (C=O) groups excluding carboxylic acids is 1. The molecule has 1 N–H and O–H groups in total. The van der Waals surface area contributed by atoms with Crippen LogP contribution in [0, 0.1) is 5.92 Å². The van der Waals surface area contributed by atoms with Crippen LogP contribution in [0.3, 0.4) is 0 Å². The molecular formula is C22H34N2O4. The highest BCUT2D eigenvalue weighted by Gasteiger charge is 2.42. The summed E-state index contributed by atoms with van der Waals surface area (Å²) in [4.78, 5) is 15.3. The molecule has 6 heteroatoms. The number of anilines is 1. The van der Waals surface area contributed by atoms with Crippen molar-refractivity contribution in [3.05, 3.63) is 24.3 Å². The van der Waals surface area contributed by atoms with Gasteiger partial charge in [-0.25, -0.2) is 0 Å². The first-order valence-electron chi connectivity index (χ1n) is 10.6. The highest BCUT2D eigenvalue weighted by atomic mass is 16.5. The fourth-order valence-corrected chi connectivity index (χ4v) is 4.18. The van der Waals surface area contributed by atoms with Gasteiger partial charge >= 0.3 is 0 Å². The summed E-state index contributed by atoms with van der Waals surface area (Å²) in [5.74, 6) is 1.30. The molecule has 1 aliphatic heterocycles. The molecule has 3 rings (SSSR count). The Morgan fingerprint density at radius 2 is 2.04 bits per heavy atom. The number of carbonyl (C=O) groups is 1. The first-order chi connectivity index (χ1) is 13.6. The fourth-order valence-electron chi connectivity index (χ4n) is 4.18. The number of rotatable bonds is 8. The minimum Gasteiger partial charge on any atom is -0.492 e. The third-order valence-electron chi connectivity index (χ3n) is 5.68. The van der Waals surface area contributed by atoms with Gasteiger partial charge in [0.15, 0.2) is 0 Å². The van der Waals surface area contributed by atoms with Crippen molar-refractivity contribution >= 4 is 11.6 Å². The van der Waals surface area contributed by atoms with E-state index in [9.17, 15) is 4.79 Å². The zero-order chi connectivity index (χ0) is 19.8. The zero-order valence-electron chi connectivity index (χ0n) is 17.2. The third kappa shape index (κ3) is 5.69. The largest absolute Gasteiger partial charge is 0.492 e. The number of benzene rings is 1. The molecule has 0 radical (unpaired) electrons. The van der Waals surface area contributed by atoms with Crippen LogP contribution in [0.2, 0.25) is 0 Å². The van der Waals surface area contributed by atoms with Crippen molar-refractivity contribution in [2.75, 3.05) is 51.4 Å². The SMILES string of the molecule is CCO[C@]1(C(=O)Nc2ccc(OCCN3CCOCC3)cc2)CCC[C@H](C)C1. The van der Waals surface area contributed by atoms with E-state index in [1.807, 2.05) is 31.2 Å². The Morgan fingerprint density at radius 1 is 1.29 bits per heavy atom. The van der Waals surface area contributed by atoms with E-state index < -0.39 is 5.60 Å². The molecule has 0 aromatic heterocycles. The van der Waals surface area contributed by atoms with Crippen molar-refractivity contribution in [2.24, 2.45) is 5.92 Å². The van der Waals surface area contributed by atoms with Crippen LogP contribution in [-0.4, -0.2) is 62.5 Å². The first kappa shape index (κ1) is 21.1. The van der Waals surface area contributed by atoms with Crippen molar-refractivity contribution in [1.29, 1.82) is 0 Å². The van der Waals surface area contributed by atoms with E-state index in [2.05, 4.69) is 17.1 Å². The topological polar surface area (TPSA) is 60.0 Å². The minimum absolute atomic E-state index is 0.0260. The minimum atomic E-state index is -0.695. The standard InChI is InChI=1S/C22H34N2O4/c1-3-28-22(10-4-5-18(2)17-22)21(25)23-19-6-8-20(9-7-19)27-16-13-24-11-14-26-15-12-24/h6-9,18H,3-5,10-17H2,1-2H3,(H,23,25)/t18-,22+/m0/s1. The van der Waals surface area contributed by atoms with Gasteiger partial charge in [-0.15, -0.1) is 0 Å². The van der Waals surface area contributed by atoms with Crippen LogP contribution in [0.1, 0.15) is 39.5 Å². The van der Waals surface area contributed by atoms with Gasteiger partial charge in [0.2, 0.25) is 0 Å². The lowest BCUT2D eigenvalue weighted by Crippen LogP contribution is -2.48. The second-order valence-corrected chi connectivity index (χ2v) is 7.91. The summed E-state index contributed by atoms with van der Waals surface area (Å²) >= 11 is 0. The summed E-state index contributed by atoms with van der Waals surface area (Å²) in [5.41, 5.74) is 0.0857. The summed E-state index contributed by atoms with van der Waals surface area (Å²) in [5, 5.41) is 3.05. The van der Waals surface area contributed by atoms with Crippen molar-refractivity contribution < 1.29 is 19.0 Å². The number of nitrogens with one attached hydrogen (secondary N) is 1. The van der Waals surface area contributed by atoms with E-state index >= 15 is 0 Å². The lowest BCUT2D eigenvalue weighted by Gasteiger charge is -2.38. The smallest absolute Gasteiger partial charge is 0.256 e. The van der Waals surface area contributed by atoms with Crippen molar-refractivity contribution in [1.82, 2.24) is 4.90 Å². The highest BCUT2D eigenvalue weighted by molar-refractivity contribution is 5.97. The maximum absolute atomic E-state index is 13.0. The van der Waals surface area contributed by atoms with E-state index in [0.717, 1.165) is 63.5 Å². The number of ether oxygens (including phenoxy) is 3. The van der Waals surface area contributed by atoms with Crippen LogP contribution >= 0.6 is 0 Å². The predicted octanol–water partition coefficient (Wildman–Crippen LogP) is 3.32. The van der Waals surface area contributed by atoms with Crippen molar-refractivity contribution in [3.63, 3.8) is 0 Å². The van der Waals surface area contributed by atoms with Crippen LogP contribution in [0.15, 0.2) is 24.3 Å². The van der Waals surface area contributed by atoms with Gasteiger partial charge < -0.3 is 19.5 Å². The average Bonchev–Trinajstić information content (AvgIpc) is 2.70.